The van der Waals surface area contributed by atoms with E-state index in [1.54, 1.807) is 20.8 Å². The molecule has 2 aromatic heterocycles. The molecule has 1 aromatic carbocycles. The van der Waals surface area contributed by atoms with Gasteiger partial charge in [0.25, 0.3) is 0 Å². The predicted octanol–water partition coefficient (Wildman–Crippen LogP) is 3.23. The maximum Gasteiger partial charge on any atom is 0.229 e. The first-order valence-electron chi connectivity index (χ1n) is 8.92. The van der Waals surface area contributed by atoms with Crippen LogP contribution in [0.1, 0.15) is 20.8 Å². The molecule has 0 radical (unpaired) electrons. The van der Waals surface area contributed by atoms with E-state index >= 15 is 0 Å². The molecule has 0 amide bonds. The van der Waals surface area contributed by atoms with Crippen LogP contribution in [0.25, 0.3) is 16.9 Å². The van der Waals surface area contributed by atoms with Gasteiger partial charge in [-0.2, -0.15) is 0 Å². The average molecular weight is 474 g/mol. The lowest BCUT2D eigenvalue weighted by Crippen LogP contribution is -2.28. The Morgan fingerprint density at radius 2 is 1.74 bits per heavy atom. The summed E-state index contributed by atoms with van der Waals surface area (Å²) in [6.07, 6.45) is 3.43. The van der Waals surface area contributed by atoms with Crippen molar-refractivity contribution in [2.24, 2.45) is 0 Å². The van der Waals surface area contributed by atoms with Crippen molar-refractivity contribution in [1.82, 2.24) is 9.38 Å². The Balaban J connectivity index is 2.30. The number of hydrogen-bond donors (Lipinski definition) is 1. The Kier molecular flexibility index (Phi) is 5.51. The lowest BCUT2D eigenvalue weighted by molar-refractivity contribution is 0.401. The number of rotatable bonds is 5. The van der Waals surface area contributed by atoms with E-state index in [2.05, 4.69) is 4.98 Å². The van der Waals surface area contributed by atoms with Crippen molar-refractivity contribution < 1.29 is 30.4 Å². The molecule has 0 spiro atoms. The summed E-state index contributed by atoms with van der Waals surface area (Å²) in [6, 6.07) is 3.39. The Bertz CT molecular complexity index is 1390. The Morgan fingerprint density at radius 1 is 1.10 bits per heavy atom. The lowest BCUT2D eigenvalue weighted by atomic mass is 10.1. The smallest absolute Gasteiger partial charge is 0.229 e. The van der Waals surface area contributed by atoms with Gasteiger partial charge in [0.05, 0.1) is 35.7 Å². The molecule has 0 saturated heterocycles. The fraction of sp³-hybridized carbons (Fsp3) is 0.316. The number of benzene rings is 1. The van der Waals surface area contributed by atoms with E-state index in [-0.39, 0.29) is 21.9 Å². The zero-order chi connectivity index (χ0) is 23.4. The van der Waals surface area contributed by atoms with Gasteiger partial charge in [0, 0.05) is 17.8 Å². The Labute approximate surface area is 178 Å². The van der Waals surface area contributed by atoms with E-state index in [0.717, 1.165) is 18.4 Å². The molecule has 3 aromatic rings. The number of anilines is 1. The van der Waals surface area contributed by atoms with Crippen molar-refractivity contribution in [3.05, 3.63) is 42.2 Å². The molecule has 2 heterocycles. The summed E-state index contributed by atoms with van der Waals surface area (Å²) in [4.78, 5) is 4.07. The summed E-state index contributed by atoms with van der Waals surface area (Å²) >= 11 is 0. The van der Waals surface area contributed by atoms with Crippen molar-refractivity contribution >= 4 is 31.2 Å². The molecule has 31 heavy (non-hydrogen) atoms. The van der Waals surface area contributed by atoms with Crippen LogP contribution in [0.3, 0.4) is 0 Å². The molecule has 1 N–H and O–H groups in total. The van der Waals surface area contributed by atoms with E-state index in [0.29, 0.717) is 5.65 Å². The molecular weight excluding hydrogens is 452 g/mol. The van der Waals surface area contributed by atoms with Crippen molar-refractivity contribution in [2.75, 3.05) is 18.1 Å². The number of sulfone groups is 1. The van der Waals surface area contributed by atoms with Crippen LogP contribution in [-0.4, -0.2) is 44.3 Å². The van der Waals surface area contributed by atoms with Crippen molar-refractivity contribution in [1.29, 1.82) is 0 Å². The summed E-state index contributed by atoms with van der Waals surface area (Å²) in [5.74, 6) is -2.56. The number of fused-ring (bicyclic) bond motifs is 1. The molecule has 0 unspecified atom stereocenters. The fourth-order valence-electron chi connectivity index (χ4n) is 2.90. The van der Waals surface area contributed by atoms with Crippen LogP contribution >= 0.6 is 0 Å². The van der Waals surface area contributed by atoms with E-state index in [1.165, 1.54) is 30.0 Å². The third-order valence-corrected chi connectivity index (χ3v) is 7.60. The Morgan fingerprint density at radius 3 is 2.29 bits per heavy atom. The minimum atomic E-state index is -3.87. The molecule has 0 aliphatic heterocycles. The molecule has 12 heteroatoms. The molecule has 0 saturated carbocycles. The molecule has 0 fully saturated rings. The second-order valence-corrected chi connectivity index (χ2v) is 12.3. The monoisotopic (exact) mass is 473 g/mol. The topological polar surface area (TPSA) is 107 Å². The summed E-state index contributed by atoms with van der Waals surface area (Å²) in [5.41, 5.74) is 0.0193. The first kappa shape index (κ1) is 22.9. The third-order valence-electron chi connectivity index (χ3n) is 4.51. The van der Waals surface area contributed by atoms with Crippen molar-refractivity contribution in [3.63, 3.8) is 0 Å². The number of methoxy groups -OCH3 is 1. The van der Waals surface area contributed by atoms with E-state index in [4.69, 9.17) is 4.74 Å². The van der Waals surface area contributed by atoms with Crippen molar-refractivity contribution in [3.8, 4) is 17.0 Å². The van der Waals surface area contributed by atoms with Gasteiger partial charge in [-0.25, -0.2) is 30.6 Å². The zero-order valence-electron chi connectivity index (χ0n) is 17.4. The molecule has 0 aliphatic carbocycles. The quantitative estimate of drug-likeness (QED) is 0.610. The largest absolute Gasteiger partial charge is 0.495 e. The van der Waals surface area contributed by atoms with Gasteiger partial charge in [0.15, 0.2) is 21.5 Å². The van der Waals surface area contributed by atoms with Crippen LogP contribution in [0, 0.1) is 11.6 Å². The highest BCUT2D eigenvalue weighted by molar-refractivity contribution is 7.93. The number of sulfonamides is 1. The van der Waals surface area contributed by atoms with Crippen LogP contribution in [0.5, 0.6) is 5.75 Å². The second kappa shape index (κ2) is 7.45. The highest BCUT2D eigenvalue weighted by atomic mass is 32.2. The van der Waals surface area contributed by atoms with E-state index in [9.17, 15) is 25.6 Å². The number of nitrogens with one attached hydrogen (secondary N) is 1. The average Bonchev–Trinajstić information content (AvgIpc) is 3.05. The summed E-state index contributed by atoms with van der Waals surface area (Å²) in [5, 5.41) is 0. The number of aromatic nitrogens is 2. The first-order valence-corrected chi connectivity index (χ1v) is 12.3. The van der Waals surface area contributed by atoms with Gasteiger partial charge in [-0.05, 0) is 32.9 Å². The molecule has 0 bridgehead atoms. The number of imidazole rings is 1. The van der Waals surface area contributed by atoms with Gasteiger partial charge in [-0.3, -0.25) is 9.12 Å². The summed E-state index contributed by atoms with van der Waals surface area (Å²) < 4.78 is 84.8. The maximum absolute atomic E-state index is 14.2. The second-order valence-electron chi connectivity index (χ2n) is 7.89. The Hall–Kier alpha value is -2.73. The lowest BCUT2D eigenvalue weighted by Gasteiger charge is -2.21. The maximum atomic E-state index is 14.2. The number of pyridine rings is 1. The van der Waals surface area contributed by atoms with Gasteiger partial charge < -0.3 is 4.74 Å². The van der Waals surface area contributed by atoms with Gasteiger partial charge in [0.2, 0.25) is 10.0 Å². The van der Waals surface area contributed by atoms with Crippen LogP contribution in [0.15, 0.2) is 35.5 Å². The SMILES string of the molecule is COc1cc2ncc(-c3cc(F)c(F)c(NS(C)(=O)=O)c3)n2cc1S(=O)(=O)C(C)(C)C. The minimum Gasteiger partial charge on any atom is -0.495 e. The van der Waals surface area contributed by atoms with Crippen LogP contribution in [0.2, 0.25) is 0 Å². The van der Waals surface area contributed by atoms with Crippen LogP contribution in [0.4, 0.5) is 14.5 Å². The normalized spacial score (nSPS) is 12.9. The molecule has 0 aliphatic rings. The molecule has 3 rings (SSSR count). The summed E-state index contributed by atoms with van der Waals surface area (Å²) in [7, 11) is -6.38. The predicted molar refractivity (Wildman–Crippen MR) is 113 cm³/mol. The number of halogens is 2. The van der Waals surface area contributed by atoms with E-state index in [1.807, 2.05) is 4.72 Å². The standard InChI is InChI=1S/C19H21F2N3O5S2/c1-19(2,3)31(27,28)16-10-24-14(9-22-17(24)8-15(16)29-4)11-6-12(20)18(21)13(7-11)23-30(5,25)26/h6-10,23H,1-5H3. The fourth-order valence-corrected chi connectivity index (χ4v) is 4.76. The van der Waals surface area contributed by atoms with Gasteiger partial charge >= 0.3 is 0 Å². The van der Waals surface area contributed by atoms with Crippen LogP contribution < -0.4 is 9.46 Å². The third kappa shape index (κ3) is 4.22. The highest BCUT2D eigenvalue weighted by Gasteiger charge is 2.34. The minimum absolute atomic E-state index is 0.0850. The van der Waals surface area contributed by atoms with E-state index < -0.39 is 41.9 Å². The molecule has 0 atom stereocenters. The molecular formula is C19H21F2N3O5S2. The number of ether oxygens (including phenoxy) is 1. The van der Waals surface area contributed by atoms with Gasteiger partial charge in [-0.1, -0.05) is 0 Å². The highest BCUT2D eigenvalue weighted by Crippen LogP contribution is 2.35. The van der Waals surface area contributed by atoms with Gasteiger partial charge in [0.1, 0.15) is 16.3 Å². The van der Waals surface area contributed by atoms with Crippen LogP contribution in [-0.2, 0) is 19.9 Å². The number of hydrogen-bond acceptors (Lipinski definition) is 6. The first-order chi connectivity index (χ1) is 14.2. The van der Waals surface area contributed by atoms with Crippen molar-refractivity contribution in [2.45, 2.75) is 30.4 Å². The zero-order valence-corrected chi connectivity index (χ0v) is 19.0. The molecule has 168 valence electrons. The summed E-state index contributed by atoms with van der Waals surface area (Å²) in [6.45, 7) is 4.62. The number of nitrogens with zero attached hydrogens (tertiary/aromatic N) is 2. The van der Waals surface area contributed by atoms with Gasteiger partial charge in [-0.15, -0.1) is 0 Å². The molecule has 8 nitrogen and oxygen atoms in total.